The zero-order chi connectivity index (χ0) is 19.6. The molecule has 0 radical (unpaired) electrons. The number of hydrogen-bond donors (Lipinski definition) is 2. The van der Waals surface area contributed by atoms with E-state index in [9.17, 15) is 21.6 Å². The first-order valence-corrected chi connectivity index (χ1v) is 9.98. The summed E-state index contributed by atoms with van der Waals surface area (Å²) in [5, 5.41) is 5.94. The van der Waals surface area contributed by atoms with Gasteiger partial charge in [-0.25, -0.2) is 13.4 Å². The van der Waals surface area contributed by atoms with Gasteiger partial charge in [0.1, 0.15) is 5.75 Å². The lowest BCUT2D eigenvalue weighted by molar-refractivity contribution is -0.153. The van der Waals surface area contributed by atoms with E-state index in [1.165, 1.54) is 12.1 Å². The largest absolute Gasteiger partial charge is 0.484 e. The molecular weight excluding hydrogens is 498 g/mol. The Labute approximate surface area is 174 Å². The van der Waals surface area contributed by atoms with Crippen LogP contribution in [0.2, 0.25) is 0 Å². The highest BCUT2D eigenvalue weighted by Crippen LogP contribution is 2.19. The van der Waals surface area contributed by atoms with Crippen molar-refractivity contribution in [2.24, 2.45) is 4.99 Å². The van der Waals surface area contributed by atoms with Crippen LogP contribution in [0.25, 0.3) is 0 Å². The predicted molar refractivity (Wildman–Crippen MR) is 111 cm³/mol. The molecule has 0 aliphatic carbocycles. The van der Waals surface area contributed by atoms with Crippen LogP contribution in [0.1, 0.15) is 19.4 Å². The van der Waals surface area contributed by atoms with Gasteiger partial charge in [-0.05, 0) is 24.6 Å². The molecule has 0 heterocycles. The van der Waals surface area contributed by atoms with Crippen LogP contribution in [0, 0.1) is 0 Å². The summed E-state index contributed by atoms with van der Waals surface area (Å²) in [6.45, 7) is 3.28. The second-order valence-corrected chi connectivity index (χ2v) is 7.88. The van der Waals surface area contributed by atoms with Gasteiger partial charge in [0.25, 0.3) is 0 Å². The summed E-state index contributed by atoms with van der Waals surface area (Å²) < 4.78 is 63.9. The summed E-state index contributed by atoms with van der Waals surface area (Å²) in [4.78, 5) is 4.32. The number of ether oxygens (including phenoxy) is 1. The smallest absolute Gasteiger partial charge is 0.422 e. The number of benzene rings is 1. The van der Waals surface area contributed by atoms with E-state index in [2.05, 4.69) is 20.4 Å². The van der Waals surface area contributed by atoms with Crippen molar-refractivity contribution in [3.05, 3.63) is 29.8 Å². The normalized spacial score (nSPS) is 12.3. The molecule has 0 atom stereocenters. The topological polar surface area (TPSA) is 79.8 Å². The predicted octanol–water partition coefficient (Wildman–Crippen LogP) is 2.74. The summed E-state index contributed by atoms with van der Waals surface area (Å²) >= 11 is 0. The molecule has 6 nitrogen and oxygen atoms in total. The van der Waals surface area contributed by atoms with Crippen LogP contribution in [-0.2, 0) is 16.4 Å². The molecule has 0 aliphatic heterocycles. The monoisotopic (exact) mass is 523 g/mol. The average Bonchev–Trinajstić information content (AvgIpc) is 2.58. The maximum atomic E-state index is 12.1. The van der Waals surface area contributed by atoms with E-state index in [1.54, 1.807) is 19.1 Å². The molecule has 156 valence electrons. The van der Waals surface area contributed by atoms with E-state index in [0.717, 1.165) is 5.56 Å². The molecule has 1 rings (SSSR count). The van der Waals surface area contributed by atoms with E-state index in [-0.39, 0.29) is 54.3 Å². The van der Waals surface area contributed by atoms with Crippen molar-refractivity contribution >= 4 is 39.8 Å². The van der Waals surface area contributed by atoms with Crippen LogP contribution < -0.4 is 15.4 Å². The lowest BCUT2D eigenvalue weighted by Crippen LogP contribution is -2.39. The standard InChI is InChI=1S/C16H24F3N3O3S.HI/c1-3-20-15(21-9-10-26(23,24)4-2)22-11-13-5-7-14(8-6-13)25-12-16(17,18)19;/h5-8H,3-4,9-12H2,1-2H3,(H2,20,21,22);1H. The van der Waals surface area contributed by atoms with Gasteiger partial charge in [-0.3, -0.25) is 0 Å². The highest BCUT2D eigenvalue weighted by molar-refractivity contribution is 14.0. The molecule has 1 aromatic carbocycles. The quantitative estimate of drug-likeness (QED) is 0.296. The Morgan fingerprint density at radius 3 is 2.30 bits per heavy atom. The van der Waals surface area contributed by atoms with Crippen molar-refractivity contribution in [1.29, 1.82) is 0 Å². The molecule has 0 amide bonds. The summed E-state index contributed by atoms with van der Waals surface area (Å²) in [5.74, 6) is 0.700. The van der Waals surface area contributed by atoms with E-state index in [0.29, 0.717) is 12.5 Å². The van der Waals surface area contributed by atoms with Crippen molar-refractivity contribution < 1.29 is 26.3 Å². The van der Waals surface area contributed by atoms with Gasteiger partial charge in [-0.2, -0.15) is 13.2 Å². The first-order chi connectivity index (χ1) is 12.1. The molecule has 0 unspecified atom stereocenters. The molecule has 11 heteroatoms. The maximum absolute atomic E-state index is 12.1. The van der Waals surface area contributed by atoms with Crippen molar-refractivity contribution in [3.8, 4) is 5.75 Å². The number of rotatable bonds is 9. The van der Waals surface area contributed by atoms with Crippen molar-refractivity contribution in [2.45, 2.75) is 26.6 Å². The Balaban J connectivity index is 0.00000676. The van der Waals surface area contributed by atoms with E-state index >= 15 is 0 Å². The van der Waals surface area contributed by atoms with Gasteiger partial charge in [0.2, 0.25) is 0 Å². The van der Waals surface area contributed by atoms with Crippen LogP contribution in [-0.4, -0.2) is 51.8 Å². The van der Waals surface area contributed by atoms with Crippen LogP contribution in [0.4, 0.5) is 13.2 Å². The molecule has 2 N–H and O–H groups in total. The van der Waals surface area contributed by atoms with Gasteiger partial charge >= 0.3 is 6.18 Å². The second kappa shape index (κ2) is 12.3. The number of nitrogens with one attached hydrogen (secondary N) is 2. The zero-order valence-electron chi connectivity index (χ0n) is 15.2. The molecule has 1 aromatic rings. The zero-order valence-corrected chi connectivity index (χ0v) is 18.3. The van der Waals surface area contributed by atoms with Crippen molar-refractivity contribution in [1.82, 2.24) is 10.6 Å². The molecule has 0 spiro atoms. The maximum Gasteiger partial charge on any atom is 0.422 e. The fraction of sp³-hybridized carbons (Fsp3) is 0.562. The first-order valence-electron chi connectivity index (χ1n) is 8.16. The number of hydrogen-bond acceptors (Lipinski definition) is 4. The summed E-state index contributed by atoms with van der Waals surface area (Å²) in [6.07, 6.45) is -4.37. The third-order valence-electron chi connectivity index (χ3n) is 3.24. The summed E-state index contributed by atoms with van der Waals surface area (Å²) in [6, 6.07) is 6.15. The average molecular weight is 523 g/mol. The summed E-state index contributed by atoms with van der Waals surface area (Å²) in [5.41, 5.74) is 0.780. The fourth-order valence-electron chi connectivity index (χ4n) is 1.84. The van der Waals surface area contributed by atoms with Gasteiger partial charge in [-0.15, -0.1) is 24.0 Å². The van der Waals surface area contributed by atoms with Gasteiger partial charge < -0.3 is 15.4 Å². The van der Waals surface area contributed by atoms with E-state index < -0.39 is 22.6 Å². The summed E-state index contributed by atoms with van der Waals surface area (Å²) in [7, 11) is -3.06. The molecule has 0 bridgehead atoms. The third kappa shape index (κ3) is 12.0. The second-order valence-electron chi connectivity index (χ2n) is 5.41. The van der Waals surface area contributed by atoms with Crippen LogP contribution in [0.5, 0.6) is 5.75 Å². The number of sulfone groups is 1. The van der Waals surface area contributed by atoms with Gasteiger partial charge in [-0.1, -0.05) is 19.1 Å². The molecule has 0 aliphatic rings. The van der Waals surface area contributed by atoms with Gasteiger partial charge in [0.05, 0.1) is 12.3 Å². The Morgan fingerprint density at radius 2 is 1.78 bits per heavy atom. The minimum atomic E-state index is -4.37. The van der Waals surface area contributed by atoms with Gasteiger partial charge in [0.15, 0.2) is 22.4 Å². The van der Waals surface area contributed by atoms with Crippen LogP contribution in [0.15, 0.2) is 29.3 Å². The molecular formula is C16H25F3IN3O3S. The van der Waals surface area contributed by atoms with E-state index in [4.69, 9.17) is 0 Å². The molecule has 27 heavy (non-hydrogen) atoms. The van der Waals surface area contributed by atoms with Crippen LogP contribution >= 0.6 is 24.0 Å². The molecule has 0 saturated carbocycles. The lowest BCUT2D eigenvalue weighted by Gasteiger charge is -2.11. The molecule has 0 fully saturated rings. The number of alkyl halides is 3. The molecule has 0 aromatic heterocycles. The SMILES string of the molecule is CCNC(=NCc1ccc(OCC(F)(F)F)cc1)NCCS(=O)(=O)CC.I. The van der Waals surface area contributed by atoms with E-state index in [1.807, 2.05) is 6.92 Å². The van der Waals surface area contributed by atoms with Gasteiger partial charge in [0, 0.05) is 18.8 Å². The first kappa shape index (κ1) is 25.8. The molecule has 0 saturated heterocycles. The number of guanidine groups is 1. The van der Waals surface area contributed by atoms with Crippen molar-refractivity contribution in [3.63, 3.8) is 0 Å². The minimum Gasteiger partial charge on any atom is -0.484 e. The lowest BCUT2D eigenvalue weighted by atomic mass is 10.2. The van der Waals surface area contributed by atoms with Crippen LogP contribution in [0.3, 0.4) is 0 Å². The Hall–Kier alpha value is -1.24. The fourth-order valence-corrected chi connectivity index (χ4v) is 2.54. The number of nitrogens with zero attached hydrogens (tertiary/aromatic N) is 1. The minimum absolute atomic E-state index is 0. The third-order valence-corrected chi connectivity index (χ3v) is 4.94. The Morgan fingerprint density at radius 1 is 1.15 bits per heavy atom. The Bertz CT molecular complexity index is 680. The highest BCUT2D eigenvalue weighted by Gasteiger charge is 2.28. The number of aliphatic imine (C=N–C) groups is 1. The number of halogens is 4. The Kier molecular flexibility index (Phi) is 11.7. The highest BCUT2D eigenvalue weighted by atomic mass is 127. The van der Waals surface area contributed by atoms with Crippen molar-refractivity contribution in [2.75, 3.05) is 31.2 Å².